The van der Waals surface area contributed by atoms with Crippen LogP contribution in [0.4, 0.5) is 0 Å². The van der Waals surface area contributed by atoms with Gasteiger partial charge < -0.3 is 9.84 Å². The fraction of sp³-hybridized carbons (Fsp3) is 0.174. The van der Waals surface area contributed by atoms with E-state index in [-0.39, 0.29) is 12.2 Å². The number of pyridine rings is 1. The largest absolute Gasteiger partial charge is 0.493 e. The molecule has 0 aliphatic heterocycles. The molecule has 0 saturated carbocycles. The number of nitrogens with one attached hydrogen (secondary N) is 1. The molecule has 8 heteroatoms. The fourth-order valence-corrected chi connectivity index (χ4v) is 4.12. The third-order valence-corrected chi connectivity index (χ3v) is 5.52. The van der Waals surface area contributed by atoms with Crippen LogP contribution in [0.15, 0.2) is 53.5 Å². The fourth-order valence-electron chi connectivity index (χ4n) is 4.12. The summed E-state index contributed by atoms with van der Waals surface area (Å²) in [5.74, 6) is 0.553. The number of nitrogens with zero attached hydrogens (tertiary/aromatic N) is 4. The van der Waals surface area contributed by atoms with Gasteiger partial charge in [-0.15, -0.1) is 0 Å². The van der Waals surface area contributed by atoms with Crippen LogP contribution < -0.4 is 10.3 Å². The second kappa shape index (κ2) is 7.10. The molecule has 2 N–H and O–H groups in total. The zero-order valence-electron chi connectivity index (χ0n) is 17.4. The van der Waals surface area contributed by atoms with Crippen molar-refractivity contribution < 1.29 is 9.84 Å². The van der Waals surface area contributed by atoms with E-state index in [9.17, 15) is 9.90 Å². The summed E-state index contributed by atoms with van der Waals surface area (Å²) >= 11 is 0. The Bertz CT molecular complexity index is 1500. The number of fused-ring (bicyclic) bond motifs is 2. The first-order chi connectivity index (χ1) is 15.0. The number of hydrogen-bond acceptors (Lipinski definition) is 5. The number of aromatic nitrogens is 5. The lowest BCUT2D eigenvalue weighted by Crippen LogP contribution is -2.20. The van der Waals surface area contributed by atoms with Crippen LogP contribution in [0.1, 0.15) is 17.1 Å². The minimum atomic E-state index is -0.287. The van der Waals surface area contributed by atoms with Crippen LogP contribution in [0, 0.1) is 13.8 Å². The van der Waals surface area contributed by atoms with Gasteiger partial charge in [0.15, 0.2) is 17.0 Å². The van der Waals surface area contributed by atoms with Crippen LogP contribution in [0.25, 0.3) is 33.7 Å². The Balaban J connectivity index is 1.83. The number of benzene rings is 1. The average molecular weight is 415 g/mol. The van der Waals surface area contributed by atoms with Gasteiger partial charge in [-0.25, -0.2) is 14.5 Å². The highest BCUT2D eigenvalue weighted by Gasteiger charge is 2.24. The summed E-state index contributed by atoms with van der Waals surface area (Å²) in [5, 5.41) is 13.2. The first kappa shape index (κ1) is 19.1. The molecular formula is C23H21N5O3. The first-order valence-electron chi connectivity index (χ1n) is 9.87. The van der Waals surface area contributed by atoms with E-state index in [1.165, 1.54) is 4.52 Å². The summed E-state index contributed by atoms with van der Waals surface area (Å²) in [6, 6.07) is 13.4. The molecule has 4 aromatic heterocycles. The van der Waals surface area contributed by atoms with Crippen molar-refractivity contribution in [1.82, 2.24) is 24.0 Å². The number of hydrogen-bond donors (Lipinski definition) is 2. The number of imidazole rings is 1. The Morgan fingerprint density at radius 2 is 1.81 bits per heavy atom. The number of methoxy groups -OCH3 is 1. The van der Waals surface area contributed by atoms with Gasteiger partial charge in [0.05, 0.1) is 30.7 Å². The Labute approximate surface area is 177 Å². The van der Waals surface area contributed by atoms with Crippen LogP contribution in [-0.4, -0.2) is 36.2 Å². The topological polar surface area (TPSA) is 96.9 Å². The van der Waals surface area contributed by atoms with Gasteiger partial charge in [0.1, 0.15) is 5.69 Å². The van der Waals surface area contributed by atoms with E-state index in [0.717, 1.165) is 16.8 Å². The third-order valence-electron chi connectivity index (χ3n) is 5.52. The van der Waals surface area contributed by atoms with Gasteiger partial charge in [-0.05, 0) is 31.5 Å². The minimum Gasteiger partial charge on any atom is -0.493 e. The standard InChI is InChI=1S/C23H21N5O3/c1-13-19(20-16(12-29)27-11-7-10-17(31-3)21(27)25-20)23(30)28-22(24-13)18(14(2)26-28)15-8-5-4-6-9-15/h4-11,26,29H,12H2,1-3H3. The van der Waals surface area contributed by atoms with E-state index in [4.69, 9.17) is 9.72 Å². The number of aliphatic hydroxyl groups excluding tert-OH is 1. The van der Waals surface area contributed by atoms with E-state index in [2.05, 4.69) is 10.1 Å². The monoisotopic (exact) mass is 415 g/mol. The third kappa shape index (κ3) is 2.76. The van der Waals surface area contributed by atoms with Crippen molar-refractivity contribution in [2.75, 3.05) is 7.11 Å². The molecule has 0 radical (unpaired) electrons. The van der Waals surface area contributed by atoms with Gasteiger partial charge >= 0.3 is 0 Å². The molecule has 0 aliphatic carbocycles. The van der Waals surface area contributed by atoms with E-state index in [1.807, 2.05) is 37.3 Å². The Morgan fingerprint density at radius 3 is 2.52 bits per heavy atom. The maximum absolute atomic E-state index is 13.6. The van der Waals surface area contributed by atoms with Gasteiger partial charge in [0.2, 0.25) is 0 Å². The smallest absolute Gasteiger partial charge is 0.282 e. The molecule has 0 atom stereocenters. The van der Waals surface area contributed by atoms with Crippen molar-refractivity contribution in [3.05, 3.63) is 76.1 Å². The number of aromatic amines is 1. The highest BCUT2D eigenvalue weighted by atomic mass is 16.5. The lowest BCUT2D eigenvalue weighted by Gasteiger charge is -2.06. The zero-order valence-corrected chi connectivity index (χ0v) is 17.4. The SMILES string of the molecule is COc1cccn2c(CO)c(-c3c(C)nc4c(-c5ccccc5)c(C)[nH]n4c3=O)nc12. The molecule has 0 bridgehead atoms. The van der Waals surface area contributed by atoms with Crippen molar-refractivity contribution in [2.24, 2.45) is 0 Å². The lowest BCUT2D eigenvalue weighted by atomic mass is 10.1. The normalized spacial score (nSPS) is 11.5. The number of H-pyrrole nitrogens is 1. The van der Waals surface area contributed by atoms with E-state index in [1.54, 1.807) is 36.8 Å². The van der Waals surface area contributed by atoms with Crippen LogP contribution in [0.5, 0.6) is 5.75 Å². The second-order valence-electron chi connectivity index (χ2n) is 7.35. The Hall–Kier alpha value is -3.91. The molecule has 4 heterocycles. The van der Waals surface area contributed by atoms with Gasteiger partial charge in [0, 0.05) is 17.5 Å². The number of rotatable bonds is 4. The lowest BCUT2D eigenvalue weighted by molar-refractivity contribution is 0.276. The predicted octanol–water partition coefficient (Wildman–Crippen LogP) is 3.12. The van der Waals surface area contributed by atoms with Gasteiger partial charge in [-0.1, -0.05) is 30.3 Å². The van der Waals surface area contributed by atoms with Crippen molar-refractivity contribution >= 4 is 11.3 Å². The van der Waals surface area contributed by atoms with Gasteiger partial charge in [-0.2, -0.15) is 0 Å². The molecule has 8 nitrogen and oxygen atoms in total. The highest BCUT2D eigenvalue weighted by Crippen LogP contribution is 2.31. The number of aryl methyl sites for hydroxylation is 2. The second-order valence-corrected chi connectivity index (χ2v) is 7.35. The molecule has 0 saturated heterocycles. The van der Waals surface area contributed by atoms with Crippen LogP contribution >= 0.6 is 0 Å². The first-order valence-corrected chi connectivity index (χ1v) is 9.87. The van der Waals surface area contributed by atoms with Crippen molar-refractivity contribution in [2.45, 2.75) is 20.5 Å². The highest BCUT2D eigenvalue weighted by molar-refractivity contribution is 5.81. The molecule has 1 aromatic carbocycles. The molecule has 0 fully saturated rings. The molecular weight excluding hydrogens is 394 g/mol. The van der Waals surface area contributed by atoms with Crippen molar-refractivity contribution in [3.8, 4) is 28.1 Å². The summed E-state index contributed by atoms with van der Waals surface area (Å²) in [6.07, 6.45) is 1.78. The zero-order chi connectivity index (χ0) is 21.7. The number of aliphatic hydroxyl groups is 1. The summed E-state index contributed by atoms with van der Waals surface area (Å²) in [5.41, 5.74) is 5.29. The van der Waals surface area contributed by atoms with E-state index < -0.39 is 0 Å². The van der Waals surface area contributed by atoms with Crippen LogP contribution in [0.3, 0.4) is 0 Å². The average Bonchev–Trinajstić information content (AvgIpc) is 3.31. The summed E-state index contributed by atoms with van der Waals surface area (Å²) in [4.78, 5) is 23.0. The maximum atomic E-state index is 13.6. The van der Waals surface area contributed by atoms with Crippen LogP contribution in [-0.2, 0) is 6.61 Å². The minimum absolute atomic E-state index is 0.273. The van der Waals surface area contributed by atoms with E-state index in [0.29, 0.717) is 39.7 Å². The quantitative estimate of drug-likeness (QED) is 0.470. The van der Waals surface area contributed by atoms with Gasteiger partial charge in [-0.3, -0.25) is 14.3 Å². The predicted molar refractivity (Wildman–Crippen MR) is 117 cm³/mol. The summed E-state index contributed by atoms with van der Waals surface area (Å²) in [7, 11) is 1.56. The molecule has 5 rings (SSSR count). The molecule has 0 spiro atoms. The Kier molecular flexibility index (Phi) is 4.37. The maximum Gasteiger partial charge on any atom is 0.282 e. The molecule has 5 aromatic rings. The molecule has 0 aliphatic rings. The van der Waals surface area contributed by atoms with Crippen molar-refractivity contribution in [1.29, 1.82) is 0 Å². The molecule has 0 amide bonds. The molecule has 31 heavy (non-hydrogen) atoms. The molecule has 156 valence electrons. The van der Waals surface area contributed by atoms with Crippen LogP contribution in [0.2, 0.25) is 0 Å². The summed E-state index contributed by atoms with van der Waals surface area (Å²) < 4.78 is 8.59. The summed E-state index contributed by atoms with van der Waals surface area (Å²) in [6.45, 7) is 3.42. The number of ether oxygens (including phenoxy) is 1. The van der Waals surface area contributed by atoms with E-state index >= 15 is 0 Å². The van der Waals surface area contributed by atoms with Crippen molar-refractivity contribution in [3.63, 3.8) is 0 Å². The molecule has 0 unspecified atom stereocenters. The van der Waals surface area contributed by atoms with Gasteiger partial charge in [0.25, 0.3) is 5.56 Å². The Morgan fingerprint density at radius 1 is 1.03 bits per heavy atom.